The number of nitro benzene ring substituents is 1. The molecule has 0 aromatic heterocycles. The van der Waals surface area contributed by atoms with E-state index < -0.39 is 44.0 Å². The molecule has 0 aliphatic heterocycles. The van der Waals surface area contributed by atoms with Crippen LogP contribution in [0.4, 0.5) is 10.1 Å². The summed E-state index contributed by atoms with van der Waals surface area (Å²) in [5, 5.41) is 19.4. The molecule has 1 atom stereocenters. The third kappa shape index (κ3) is 3.46. The number of nitrogens with one attached hydrogen (secondary N) is 1. The molecule has 1 rings (SSSR count). The number of hydrogen-bond acceptors (Lipinski definition) is 5. The van der Waals surface area contributed by atoms with Gasteiger partial charge in [-0.25, -0.2) is 13.1 Å². The van der Waals surface area contributed by atoms with Gasteiger partial charge in [0, 0.05) is 12.1 Å². The zero-order valence-corrected chi connectivity index (χ0v) is 11.1. The Morgan fingerprint density at radius 3 is 2.58 bits per heavy atom. The fourth-order valence-electron chi connectivity index (χ4n) is 1.38. The monoisotopic (exact) mass is 292 g/mol. The number of hydrogen-bond donors (Lipinski definition) is 2. The number of aliphatic hydroxyl groups is 1. The predicted molar refractivity (Wildman–Crippen MR) is 64.7 cm³/mol. The van der Waals surface area contributed by atoms with Crippen LogP contribution in [0.5, 0.6) is 0 Å². The summed E-state index contributed by atoms with van der Waals surface area (Å²) in [6, 6.07) is 0.887. The van der Waals surface area contributed by atoms with Gasteiger partial charge in [-0.15, -0.1) is 0 Å². The average molecular weight is 292 g/mol. The number of sulfonamides is 1. The van der Waals surface area contributed by atoms with Crippen molar-refractivity contribution in [1.29, 1.82) is 0 Å². The minimum atomic E-state index is -4.05. The summed E-state index contributed by atoms with van der Waals surface area (Å²) in [6.45, 7) is 2.22. The molecule has 19 heavy (non-hydrogen) atoms. The molecule has 0 spiro atoms. The van der Waals surface area contributed by atoms with Gasteiger partial charge >= 0.3 is 5.69 Å². The molecule has 0 radical (unpaired) electrons. The van der Waals surface area contributed by atoms with E-state index in [1.54, 1.807) is 0 Å². The van der Waals surface area contributed by atoms with Gasteiger partial charge < -0.3 is 5.11 Å². The highest BCUT2D eigenvalue weighted by atomic mass is 32.2. The normalized spacial score (nSPS) is 13.3. The van der Waals surface area contributed by atoms with E-state index in [4.69, 9.17) is 5.11 Å². The van der Waals surface area contributed by atoms with Crippen molar-refractivity contribution in [1.82, 2.24) is 4.72 Å². The van der Waals surface area contributed by atoms with Crippen LogP contribution >= 0.6 is 0 Å². The van der Waals surface area contributed by atoms with Crippen molar-refractivity contribution in [2.45, 2.75) is 24.8 Å². The van der Waals surface area contributed by atoms with Crippen LogP contribution in [-0.4, -0.2) is 31.1 Å². The topological polar surface area (TPSA) is 110 Å². The number of halogens is 1. The molecule has 0 unspecified atom stereocenters. The number of rotatable bonds is 5. The lowest BCUT2D eigenvalue weighted by Crippen LogP contribution is -2.35. The van der Waals surface area contributed by atoms with Crippen LogP contribution in [0.1, 0.15) is 12.5 Å². The van der Waals surface area contributed by atoms with Crippen LogP contribution in [-0.2, 0) is 10.0 Å². The van der Waals surface area contributed by atoms with Gasteiger partial charge in [0.15, 0.2) is 0 Å². The minimum Gasteiger partial charge on any atom is -0.395 e. The van der Waals surface area contributed by atoms with Crippen LogP contribution in [0.3, 0.4) is 0 Å². The molecular formula is C10H13FN2O5S. The minimum absolute atomic E-state index is 0.147. The summed E-state index contributed by atoms with van der Waals surface area (Å²) in [7, 11) is -4.05. The second-order valence-corrected chi connectivity index (χ2v) is 5.75. The molecule has 0 heterocycles. The van der Waals surface area contributed by atoms with Gasteiger partial charge in [0.25, 0.3) is 0 Å². The van der Waals surface area contributed by atoms with Crippen molar-refractivity contribution in [2.24, 2.45) is 0 Å². The van der Waals surface area contributed by atoms with Gasteiger partial charge in [0.1, 0.15) is 0 Å². The van der Waals surface area contributed by atoms with Crippen LogP contribution in [0.2, 0.25) is 0 Å². The molecular weight excluding hydrogens is 279 g/mol. The lowest BCUT2D eigenvalue weighted by Gasteiger charge is -2.12. The summed E-state index contributed by atoms with van der Waals surface area (Å²) >= 11 is 0. The van der Waals surface area contributed by atoms with E-state index in [1.165, 1.54) is 13.8 Å². The fourth-order valence-corrected chi connectivity index (χ4v) is 2.72. The van der Waals surface area contributed by atoms with Crippen LogP contribution in [0, 0.1) is 22.9 Å². The van der Waals surface area contributed by atoms with Gasteiger partial charge in [-0.2, -0.15) is 4.39 Å². The van der Waals surface area contributed by atoms with Crippen molar-refractivity contribution in [2.75, 3.05) is 6.61 Å². The van der Waals surface area contributed by atoms with Crippen molar-refractivity contribution in [3.05, 3.63) is 33.6 Å². The molecule has 7 nitrogen and oxygen atoms in total. The third-order valence-corrected chi connectivity index (χ3v) is 3.92. The molecule has 106 valence electrons. The second kappa shape index (κ2) is 5.59. The fraction of sp³-hybridized carbons (Fsp3) is 0.400. The third-order valence-electron chi connectivity index (χ3n) is 2.35. The van der Waals surface area contributed by atoms with Crippen LogP contribution < -0.4 is 4.72 Å². The zero-order chi connectivity index (χ0) is 14.8. The molecule has 0 aliphatic rings. The lowest BCUT2D eigenvalue weighted by atomic mass is 10.2. The number of nitrogens with zero attached hydrogens (tertiary/aromatic N) is 1. The summed E-state index contributed by atoms with van der Waals surface area (Å²) in [5.41, 5.74) is -1.05. The molecule has 0 aliphatic carbocycles. The highest BCUT2D eigenvalue weighted by Gasteiger charge is 2.24. The van der Waals surface area contributed by atoms with Crippen LogP contribution in [0.15, 0.2) is 17.0 Å². The maximum atomic E-state index is 13.5. The SMILES string of the molecule is Cc1cc(S(=O)(=O)N[C@@H](C)CO)cc([N+](=O)[O-])c1F. The van der Waals surface area contributed by atoms with Crippen molar-refractivity contribution in [3.63, 3.8) is 0 Å². The van der Waals surface area contributed by atoms with E-state index in [0.717, 1.165) is 6.07 Å². The maximum absolute atomic E-state index is 13.5. The molecule has 1 aromatic carbocycles. The number of benzene rings is 1. The Kier molecular flexibility index (Phi) is 4.56. The maximum Gasteiger partial charge on any atom is 0.306 e. The average Bonchev–Trinajstić information content (AvgIpc) is 2.31. The molecule has 0 bridgehead atoms. The van der Waals surface area contributed by atoms with Gasteiger partial charge in [-0.1, -0.05) is 0 Å². The molecule has 0 amide bonds. The summed E-state index contributed by atoms with van der Waals surface area (Å²) in [4.78, 5) is 9.23. The van der Waals surface area contributed by atoms with Crippen molar-refractivity contribution in [3.8, 4) is 0 Å². The Morgan fingerprint density at radius 1 is 1.53 bits per heavy atom. The number of aryl methyl sites for hydroxylation is 1. The van der Waals surface area contributed by atoms with Crippen molar-refractivity contribution < 1.29 is 22.8 Å². The molecule has 1 aromatic rings. The van der Waals surface area contributed by atoms with E-state index in [9.17, 15) is 22.9 Å². The van der Waals surface area contributed by atoms with Gasteiger partial charge in [0.05, 0.1) is 16.4 Å². The van der Waals surface area contributed by atoms with E-state index in [-0.39, 0.29) is 5.56 Å². The first-order chi connectivity index (χ1) is 8.69. The molecule has 0 saturated heterocycles. The Labute approximate surface area is 109 Å². The lowest BCUT2D eigenvalue weighted by molar-refractivity contribution is -0.387. The molecule has 0 fully saturated rings. The Balaban J connectivity index is 3.32. The first-order valence-electron chi connectivity index (χ1n) is 5.26. The number of nitro groups is 1. The van der Waals surface area contributed by atoms with Gasteiger partial charge in [0.2, 0.25) is 15.8 Å². The first-order valence-corrected chi connectivity index (χ1v) is 6.75. The summed E-state index contributed by atoms with van der Waals surface area (Å²) in [6.07, 6.45) is 0. The largest absolute Gasteiger partial charge is 0.395 e. The standard InChI is InChI=1S/C10H13FN2O5S/c1-6-3-8(4-9(10(6)11)13(15)16)19(17,18)12-7(2)5-14/h3-4,7,12,14H,5H2,1-2H3/t7-/m0/s1. The van der Waals surface area contributed by atoms with E-state index in [2.05, 4.69) is 4.72 Å². The van der Waals surface area contributed by atoms with Crippen molar-refractivity contribution >= 4 is 15.7 Å². The molecule has 9 heteroatoms. The molecule has 2 N–H and O–H groups in total. The highest BCUT2D eigenvalue weighted by Crippen LogP contribution is 2.25. The quantitative estimate of drug-likeness (QED) is 0.613. The highest BCUT2D eigenvalue weighted by molar-refractivity contribution is 7.89. The summed E-state index contributed by atoms with van der Waals surface area (Å²) < 4.78 is 39.3. The summed E-state index contributed by atoms with van der Waals surface area (Å²) in [5.74, 6) is -1.07. The molecule has 0 saturated carbocycles. The predicted octanol–water partition coefficient (Wildman–Crippen LogP) is 0.701. The zero-order valence-electron chi connectivity index (χ0n) is 10.3. The smallest absolute Gasteiger partial charge is 0.306 e. The first kappa shape index (κ1) is 15.5. The Hall–Kier alpha value is -1.58. The van der Waals surface area contributed by atoms with Gasteiger partial charge in [-0.3, -0.25) is 10.1 Å². The van der Waals surface area contributed by atoms with E-state index in [0.29, 0.717) is 6.07 Å². The van der Waals surface area contributed by atoms with Crippen LogP contribution in [0.25, 0.3) is 0 Å². The van der Waals surface area contributed by atoms with Gasteiger partial charge in [-0.05, 0) is 25.5 Å². The Bertz CT molecular complexity index is 602. The second-order valence-electron chi connectivity index (χ2n) is 4.04. The number of aliphatic hydroxyl groups excluding tert-OH is 1. The Morgan fingerprint density at radius 2 is 2.11 bits per heavy atom. The van der Waals surface area contributed by atoms with E-state index >= 15 is 0 Å². The van der Waals surface area contributed by atoms with E-state index in [1.807, 2.05) is 0 Å².